The van der Waals surface area contributed by atoms with Gasteiger partial charge in [0.2, 0.25) is 0 Å². The second-order valence-corrected chi connectivity index (χ2v) is 6.70. The topological polar surface area (TPSA) is 84.4 Å². The van der Waals surface area contributed by atoms with Gasteiger partial charge in [-0.25, -0.2) is 0 Å². The van der Waals surface area contributed by atoms with Crippen molar-refractivity contribution in [3.8, 4) is 0 Å². The minimum atomic E-state index is -0.361. The molecule has 0 saturated carbocycles. The van der Waals surface area contributed by atoms with Crippen LogP contribution in [0.4, 0.5) is 17.1 Å². The van der Waals surface area contributed by atoms with Crippen molar-refractivity contribution in [1.29, 1.82) is 0 Å². The molecule has 6 heteroatoms. The van der Waals surface area contributed by atoms with Crippen molar-refractivity contribution in [2.24, 2.45) is 17.2 Å². The van der Waals surface area contributed by atoms with E-state index < -0.39 is 0 Å². The maximum Gasteiger partial charge on any atom is 0.316 e. The molecule has 1 fully saturated rings. The summed E-state index contributed by atoms with van der Waals surface area (Å²) in [4.78, 5) is 13.1. The minimum absolute atomic E-state index is 0.0641. The molecule has 3 N–H and O–H groups in total. The fourth-order valence-electron chi connectivity index (χ4n) is 3.08. The number of nitrogens with two attached hydrogens (primary N) is 1. The van der Waals surface area contributed by atoms with Crippen LogP contribution in [0.2, 0.25) is 0 Å². The first-order chi connectivity index (χ1) is 9.84. The Morgan fingerprint density at radius 1 is 1.33 bits per heavy atom. The van der Waals surface area contributed by atoms with E-state index in [0.717, 1.165) is 25.9 Å². The molecule has 1 heterocycles. The zero-order chi connectivity index (χ0) is 15.6. The van der Waals surface area contributed by atoms with E-state index in [0.29, 0.717) is 22.7 Å². The van der Waals surface area contributed by atoms with Crippen LogP contribution in [0.1, 0.15) is 33.6 Å². The van der Waals surface area contributed by atoms with Crippen LogP contribution in [0.15, 0.2) is 18.2 Å². The summed E-state index contributed by atoms with van der Waals surface area (Å²) < 4.78 is 0. The molecule has 6 nitrogen and oxygen atoms in total. The third-order valence-corrected chi connectivity index (χ3v) is 4.41. The number of nitro benzene ring substituents is 1. The van der Waals surface area contributed by atoms with Gasteiger partial charge in [0.05, 0.1) is 4.92 Å². The Bertz CT molecular complexity index is 517. The molecule has 0 amide bonds. The van der Waals surface area contributed by atoms with Gasteiger partial charge < -0.3 is 10.3 Å². The molecule has 21 heavy (non-hydrogen) atoms. The lowest BCUT2D eigenvalue weighted by atomic mass is 9.75. The van der Waals surface area contributed by atoms with Gasteiger partial charge in [0, 0.05) is 13.1 Å². The summed E-state index contributed by atoms with van der Waals surface area (Å²) in [6, 6.07) is 5.23. The molecule has 1 saturated heterocycles. The number of benzene rings is 1. The van der Waals surface area contributed by atoms with Crippen LogP contribution in [0.5, 0.6) is 0 Å². The van der Waals surface area contributed by atoms with Gasteiger partial charge in [-0.15, -0.1) is 0 Å². The van der Waals surface area contributed by atoms with E-state index in [4.69, 9.17) is 5.84 Å². The molecule has 0 unspecified atom stereocenters. The van der Waals surface area contributed by atoms with E-state index >= 15 is 0 Å². The number of anilines is 2. The zero-order valence-electron chi connectivity index (χ0n) is 12.9. The third-order valence-electron chi connectivity index (χ3n) is 4.41. The normalized spacial score (nSPS) is 16.9. The molecule has 0 radical (unpaired) electrons. The van der Waals surface area contributed by atoms with Gasteiger partial charge in [0.15, 0.2) is 0 Å². The van der Waals surface area contributed by atoms with Crippen LogP contribution < -0.4 is 16.2 Å². The summed E-state index contributed by atoms with van der Waals surface area (Å²) >= 11 is 0. The van der Waals surface area contributed by atoms with Gasteiger partial charge in [-0.05, 0) is 36.3 Å². The number of hydrogen-bond donors (Lipinski definition) is 2. The Kier molecular flexibility index (Phi) is 4.37. The fourth-order valence-corrected chi connectivity index (χ4v) is 3.08. The molecule has 1 aromatic rings. The average Bonchev–Trinajstić information content (AvgIpc) is 2.45. The number of nitrogens with one attached hydrogen (secondary N) is 1. The molecule has 2 rings (SSSR count). The van der Waals surface area contributed by atoms with Crippen molar-refractivity contribution in [3.05, 3.63) is 28.3 Å². The van der Waals surface area contributed by atoms with Gasteiger partial charge in [-0.2, -0.15) is 0 Å². The number of para-hydroxylation sites is 1. The summed E-state index contributed by atoms with van der Waals surface area (Å²) in [5.41, 5.74) is 3.79. The van der Waals surface area contributed by atoms with E-state index in [1.165, 1.54) is 0 Å². The first-order valence-electron chi connectivity index (χ1n) is 7.33. The van der Waals surface area contributed by atoms with Gasteiger partial charge in [-0.3, -0.25) is 16.0 Å². The molecule has 1 aliphatic heterocycles. The predicted molar refractivity (Wildman–Crippen MR) is 85.3 cm³/mol. The SMILES string of the molecule is CC(C)(C)C1CCN(c2cccc(NN)c2[N+](=O)[O-])CC1. The van der Waals surface area contributed by atoms with Gasteiger partial charge in [0.25, 0.3) is 0 Å². The van der Waals surface area contributed by atoms with Crippen LogP contribution in [0, 0.1) is 21.4 Å². The minimum Gasteiger partial charge on any atom is -0.366 e. The van der Waals surface area contributed by atoms with E-state index in [2.05, 4.69) is 31.1 Å². The summed E-state index contributed by atoms with van der Waals surface area (Å²) in [6.07, 6.45) is 2.11. The van der Waals surface area contributed by atoms with Gasteiger partial charge in [0.1, 0.15) is 11.4 Å². The lowest BCUT2D eigenvalue weighted by Crippen LogP contribution is -2.38. The van der Waals surface area contributed by atoms with Crippen LogP contribution in [-0.4, -0.2) is 18.0 Å². The molecule has 0 aromatic heterocycles. The largest absolute Gasteiger partial charge is 0.366 e. The number of piperidine rings is 1. The molecule has 0 spiro atoms. The Hall–Kier alpha value is -1.82. The van der Waals surface area contributed by atoms with Crippen LogP contribution in [0.25, 0.3) is 0 Å². The molecule has 116 valence electrons. The van der Waals surface area contributed by atoms with Gasteiger partial charge >= 0.3 is 5.69 Å². The molecular formula is C15H24N4O2. The molecule has 0 atom stereocenters. The monoisotopic (exact) mass is 292 g/mol. The molecule has 0 aliphatic carbocycles. The smallest absolute Gasteiger partial charge is 0.316 e. The highest BCUT2D eigenvalue weighted by Crippen LogP contribution is 2.39. The zero-order valence-corrected chi connectivity index (χ0v) is 12.9. The van der Waals surface area contributed by atoms with Crippen LogP contribution in [0.3, 0.4) is 0 Å². The average molecular weight is 292 g/mol. The molecular weight excluding hydrogens is 268 g/mol. The summed E-state index contributed by atoms with van der Waals surface area (Å²) in [7, 11) is 0. The van der Waals surface area contributed by atoms with Crippen molar-refractivity contribution in [3.63, 3.8) is 0 Å². The second kappa shape index (κ2) is 5.89. The number of nitro groups is 1. The third kappa shape index (κ3) is 3.26. The van der Waals surface area contributed by atoms with E-state index in [9.17, 15) is 10.1 Å². The number of rotatable bonds is 3. The van der Waals surface area contributed by atoms with E-state index in [1.54, 1.807) is 18.2 Å². The second-order valence-electron chi connectivity index (χ2n) is 6.70. The number of hydrogen-bond acceptors (Lipinski definition) is 5. The van der Waals surface area contributed by atoms with Crippen molar-refractivity contribution in [1.82, 2.24) is 0 Å². The maximum atomic E-state index is 11.4. The molecule has 1 aromatic carbocycles. The molecule has 0 bridgehead atoms. The summed E-state index contributed by atoms with van der Waals surface area (Å²) in [6.45, 7) is 8.46. The molecule has 1 aliphatic rings. The lowest BCUT2D eigenvalue weighted by Gasteiger charge is -2.39. The van der Waals surface area contributed by atoms with Crippen molar-refractivity contribution < 1.29 is 4.92 Å². The first kappa shape index (κ1) is 15.6. The Morgan fingerprint density at radius 3 is 2.43 bits per heavy atom. The van der Waals surface area contributed by atoms with Crippen molar-refractivity contribution in [2.45, 2.75) is 33.6 Å². The number of nitrogen functional groups attached to an aromatic ring is 1. The van der Waals surface area contributed by atoms with Crippen molar-refractivity contribution in [2.75, 3.05) is 23.4 Å². The predicted octanol–water partition coefficient (Wildman–Crippen LogP) is 3.14. The lowest BCUT2D eigenvalue weighted by molar-refractivity contribution is -0.383. The Labute approximate surface area is 125 Å². The van der Waals surface area contributed by atoms with Crippen LogP contribution >= 0.6 is 0 Å². The standard InChI is InChI=1S/C15H24N4O2/c1-15(2,3)11-7-9-18(10-8-11)13-6-4-5-12(17-16)14(13)19(20)21/h4-6,11,17H,7-10,16H2,1-3H3. The highest BCUT2D eigenvalue weighted by molar-refractivity contribution is 5.76. The fraction of sp³-hybridized carbons (Fsp3) is 0.600. The quantitative estimate of drug-likeness (QED) is 0.508. The highest BCUT2D eigenvalue weighted by Gasteiger charge is 2.31. The van der Waals surface area contributed by atoms with Crippen molar-refractivity contribution >= 4 is 17.1 Å². The number of hydrazine groups is 1. The Balaban J connectivity index is 2.23. The summed E-state index contributed by atoms with van der Waals surface area (Å²) in [5, 5.41) is 11.4. The Morgan fingerprint density at radius 2 is 1.95 bits per heavy atom. The van der Waals surface area contributed by atoms with E-state index in [-0.39, 0.29) is 10.6 Å². The van der Waals surface area contributed by atoms with E-state index in [1.807, 2.05) is 0 Å². The first-order valence-corrected chi connectivity index (χ1v) is 7.33. The van der Waals surface area contributed by atoms with Gasteiger partial charge in [-0.1, -0.05) is 26.8 Å². The van der Waals surface area contributed by atoms with Crippen LogP contribution in [-0.2, 0) is 0 Å². The number of nitrogens with zero attached hydrogens (tertiary/aromatic N) is 2. The highest BCUT2D eigenvalue weighted by atomic mass is 16.6. The maximum absolute atomic E-state index is 11.4. The summed E-state index contributed by atoms with van der Waals surface area (Å²) in [5.74, 6) is 6.05.